The molecule has 0 radical (unpaired) electrons. The number of carbonyl (C=O) groups excluding carboxylic acids is 2. The van der Waals surface area contributed by atoms with Crippen molar-refractivity contribution >= 4 is 11.9 Å². The van der Waals surface area contributed by atoms with E-state index in [0.29, 0.717) is 17.1 Å². The number of amides is 1. The number of hydrogen-bond acceptors (Lipinski definition) is 6. The molecule has 1 amide bonds. The maximum Gasteiger partial charge on any atom is 0.328 e. The summed E-state index contributed by atoms with van der Waals surface area (Å²) < 4.78 is 15.6. The minimum Gasteiger partial charge on any atom is -0.507 e. The Balaban J connectivity index is 1.55. The van der Waals surface area contributed by atoms with E-state index in [1.165, 1.54) is 13.2 Å². The maximum absolute atomic E-state index is 13.2. The lowest BCUT2D eigenvalue weighted by atomic mass is 9.99. The van der Waals surface area contributed by atoms with Crippen LogP contribution >= 0.6 is 0 Å². The predicted molar refractivity (Wildman–Crippen MR) is 145 cm³/mol. The van der Waals surface area contributed by atoms with E-state index in [0.717, 1.165) is 22.3 Å². The fraction of sp³-hybridized carbons (Fsp3) is 0.161. The van der Waals surface area contributed by atoms with Gasteiger partial charge in [-0.25, -0.2) is 4.79 Å². The summed E-state index contributed by atoms with van der Waals surface area (Å²) in [6, 6.07) is 26.9. The average Bonchev–Trinajstić information content (AvgIpc) is 2.97. The summed E-state index contributed by atoms with van der Waals surface area (Å²) in [6.45, 7) is 0. The molecule has 4 rings (SSSR count). The van der Waals surface area contributed by atoms with Gasteiger partial charge < -0.3 is 24.6 Å². The van der Waals surface area contributed by atoms with Crippen LogP contribution in [0.2, 0.25) is 0 Å². The van der Waals surface area contributed by atoms with Gasteiger partial charge in [-0.3, -0.25) is 4.79 Å². The summed E-state index contributed by atoms with van der Waals surface area (Å²) in [5.41, 5.74) is 4.46. The monoisotopic (exact) mass is 511 g/mol. The van der Waals surface area contributed by atoms with Gasteiger partial charge in [-0.2, -0.15) is 0 Å². The number of ether oxygens (including phenoxy) is 3. The lowest BCUT2D eigenvalue weighted by Crippen LogP contribution is -2.43. The molecule has 0 aliphatic carbocycles. The second-order valence-electron chi connectivity index (χ2n) is 8.62. The summed E-state index contributed by atoms with van der Waals surface area (Å²) in [5.74, 6) is -0.274. The molecule has 0 bridgehead atoms. The van der Waals surface area contributed by atoms with Crippen molar-refractivity contribution in [2.45, 2.75) is 12.5 Å². The van der Waals surface area contributed by atoms with E-state index in [4.69, 9.17) is 14.2 Å². The van der Waals surface area contributed by atoms with Crippen molar-refractivity contribution in [3.8, 4) is 39.5 Å². The molecule has 1 atom stereocenters. The number of rotatable bonds is 9. The van der Waals surface area contributed by atoms with Gasteiger partial charge in [0.2, 0.25) is 0 Å². The number of methoxy groups -OCH3 is 3. The number of benzene rings is 4. The van der Waals surface area contributed by atoms with Crippen LogP contribution in [-0.4, -0.2) is 44.4 Å². The summed E-state index contributed by atoms with van der Waals surface area (Å²) >= 11 is 0. The highest BCUT2D eigenvalue weighted by Crippen LogP contribution is 2.34. The average molecular weight is 512 g/mol. The molecule has 0 aromatic heterocycles. The maximum atomic E-state index is 13.2. The zero-order valence-electron chi connectivity index (χ0n) is 21.4. The van der Waals surface area contributed by atoms with Crippen LogP contribution in [0.15, 0.2) is 91.0 Å². The van der Waals surface area contributed by atoms with E-state index in [2.05, 4.69) is 5.32 Å². The van der Waals surface area contributed by atoms with Crippen LogP contribution in [-0.2, 0) is 16.0 Å². The SMILES string of the molecule is COC(=O)[C@H](Cc1ccc(-c2ccccc2)cc1)NC(=O)c1cc(-c2ccc(OC)c(OC)c2)ccc1O. The minimum absolute atomic E-state index is 0.0330. The van der Waals surface area contributed by atoms with Crippen molar-refractivity contribution in [2.24, 2.45) is 0 Å². The van der Waals surface area contributed by atoms with Crippen LogP contribution < -0.4 is 14.8 Å². The fourth-order valence-electron chi connectivity index (χ4n) is 4.18. The Bertz CT molecular complexity index is 1420. The lowest BCUT2D eigenvalue weighted by Gasteiger charge is -2.18. The van der Waals surface area contributed by atoms with Gasteiger partial charge in [-0.15, -0.1) is 0 Å². The van der Waals surface area contributed by atoms with Crippen LogP contribution in [0.5, 0.6) is 17.2 Å². The Kier molecular flexibility index (Phi) is 8.28. The predicted octanol–water partition coefficient (Wildman–Crippen LogP) is 5.26. The lowest BCUT2D eigenvalue weighted by molar-refractivity contribution is -0.142. The van der Waals surface area contributed by atoms with Gasteiger partial charge in [0.05, 0.1) is 26.9 Å². The first-order valence-corrected chi connectivity index (χ1v) is 12.0. The molecule has 0 saturated heterocycles. The zero-order chi connectivity index (χ0) is 27.1. The smallest absolute Gasteiger partial charge is 0.328 e. The van der Waals surface area contributed by atoms with Crippen molar-refractivity contribution in [2.75, 3.05) is 21.3 Å². The molecule has 4 aromatic rings. The Labute approximate surface area is 221 Å². The van der Waals surface area contributed by atoms with Crippen molar-refractivity contribution in [3.63, 3.8) is 0 Å². The van der Waals surface area contributed by atoms with Crippen LogP contribution in [0, 0.1) is 0 Å². The van der Waals surface area contributed by atoms with Gasteiger partial charge in [0.15, 0.2) is 11.5 Å². The van der Waals surface area contributed by atoms with Crippen LogP contribution in [0.25, 0.3) is 22.3 Å². The number of phenols is 1. The normalized spacial score (nSPS) is 11.3. The molecule has 38 heavy (non-hydrogen) atoms. The fourth-order valence-corrected chi connectivity index (χ4v) is 4.18. The standard InChI is InChI=1S/C31H29NO6/c1-36-28-16-14-24(19-29(28)37-2)23-13-15-27(33)25(18-23)30(34)32-26(31(35)38-3)17-20-9-11-22(12-10-20)21-7-5-4-6-8-21/h4-16,18-19,26,33H,17H2,1-3H3,(H,32,34)/t26-/m0/s1. The third-order valence-electron chi connectivity index (χ3n) is 6.25. The molecule has 0 saturated carbocycles. The third kappa shape index (κ3) is 5.95. The molecule has 0 heterocycles. The molecule has 0 aliphatic heterocycles. The van der Waals surface area contributed by atoms with Gasteiger partial charge in [0, 0.05) is 6.42 Å². The van der Waals surface area contributed by atoms with E-state index >= 15 is 0 Å². The Morgan fingerprint density at radius 2 is 1.34 bits per heavy atom. The highest BCUT2D eigenvalue weighted by molar-refractivity contribution is 6.00. The van der Waals surface area contributed by atoms with Crippen LogP contribution in [0.3, 0.4) is 0 Å². The second-order valence-corrected chi connectivity index (χ2v) is 8.62. The van der Waals surface area contributed by atoms with E-state index < -0.39 is 17.9 Å². The van der Waals surface area contributed by atoms with Gasteiger partial charge in [-0.05, 0) is 52.1 Å². The summed E-state index contributed by atoms with van der Waals surface area (Å²) in [5, 5.41) is 13.2. The van der Waals surface area contributed by atoms with E-state index in [1.807, 2.05) is 60.7 Å². The number of nitrogens with one attached hydrogen (secondary N) is 1. The van der Waals surface area contributed by atoms with Crippen molar-refractivity contribution in [3.05, 3.63) is 102 Å². The summed E-state index contributed by atoms with van der Waals surface area (Å²) in [7, 11) is 4.37. The number of phenolic OH excluding ortho intramolecular Hbond substituents is 1. The number of aromatic hydroxyl groups is 1. The highest BCUT2D eigenvalue weighted by atomic mass is 16.5. The first kappa shape index (κ1) is 26.3. The molecular weight excluding hydrogens is 482 g/mol. The van der Waals surface area contributed by atoms with E-state index in [9.17, 15) is 14.7 Å². The summed E-state index contributed by atoms with van der Waals surface area (Å²) in [4.78, 5) is 25.8. The van der Waals surface area contributed by atoms with Gasteiger partial charge in [0.1, 0.15) is 11.8 Å². The van der Waals surface area contributed by atoms with Crippen LogP contribution in [0.4, 0.5) is 0 Å². The van der Waals surface area contributed by atoms with Crippen LogP contribution in [0.1, 0.15) is 15.9 Å². The number of carbonyl (C=O) groups is 2. The second kappa shape index (κ2) is 12.0. The van der Waals surface area contributed by atoms with Gasteiger partial charge >= 0.3 is 5.97 Å². The van der Waals surface area contributed by atoms with E-state index in [1.54, 1.807) is 38.5 Å². The topological polar surface area (TPSA) is 94.1 Å². The van der Waals surface area contributed by atoms with Crippen molar-refractivity contribution in [1.82, 2.24) is 5.32 Å². The van der Waals surface area contributed by atoms with Crippen molar-refractivity contribution < 1.29 is 28.9 Å². The molecule has 0 unspecified atom stereocenters. The molecule has 0 fully saturated rings. The van der Waals surface area contributed by atoms with Gasteiger partial charge in [-0.1, -0.05) is 66.7 Å². The molecule has 7 heteroatoms. The quantitative estimate of drug-likeness (QED) is 0.298. The molecule has 0 aliphatic rings. The van der Waals surface area contributed by atoms with Crippen molar-refractivity contribution in [1.29, 1.82) is 0 Å². The zero-order valence-corrected chi connectivity index (χ0v) is 21.4. The third-order valence-corrected chi connectivity index (χ3v) is 6.25. The molecular formula is C31H29NO6. The first-order valence-electron chi connectivity index (χ1n) is 12.0. The first-order chi connectivity index (χ1) is 18.4. The Hall–Kier alpha value is -4.78. The summed E-state index contributed by atoms with van der Waals surface area (Å²) in [6.07, 6.45) is 0.226. The number of hydrogen-bond donors (Lipinski definition) is 2. The minimum atomic E-state index is -0.945. The molecule has 7 nitrogen and oxygen atoms in total. The largest absolute Gasteiger partial charge is 0.507 e. The highest BCUT2D eigenvalue weighted by Gasteiger charge is 2.24. The molecule has 4 aromatic carbocycles. The molecule has 194 valence electrons. The Morgan fingerprint density at radius 3 is 2.00 bits per heavy atom. The Morgan fingerprint density at radius 1 is 0.737 bits per heavy atom. The molecule has 0 spiro atoms. The van der Waals surface area contributed by atoms with E-state index in [-0.39, 0.29) is 17.7 Å². The van der Waals surface area contributed by atoms with Gasteiger partial charge in [0.25, 0.3) is 5.91 Å². The number of esters is 1. The molecule has 2 N–H and O–H groups in total.